The summed E-state index contributed by atoms with van der Waals surface area (Å²) in [5.74, 6) is 6.48. The zero-order valence-corrected chi connectivity index (χ0v) is 22.3. The van der Waals surface area contributed by atoms with Crippen molar-refractivity contribution in [2.45, 2.75) is 38.6 Å². The minimum Gasteiger partial charge on any atom is -0.382 e. The zero-order chi connectivity index (χ0) is 27.6. The molecule has 2 amide bonds. The summed E-state index contributed by atoms with van der Waals surface area (Å²) in [5.41, 5.74) is 9.99. The van der Waals surface area contributed by atoms with Crippen molar-refractivity contribution >= 4 is 34.7 Å². The standard InChI is InChI=1S/C30H30N8O2/c1-2-6-25(39)37-17-5-7-23(37)29-35-26(27-28(31)33-14-18-38(27)29)20-8-10-21(11-9-20)30(40)34-24-19-22(12-13-32-24)36-15-3-4-16-36/h8-14,18-19,23H,3-5,7,15-17H2,1H3,(H2,31,33)(H,32,34,40)/t23-/m0/s1. The number of nitrogens with one attached hydrogen (secondary N) is 1. The summed E-state index contributed by atoms with van der Waals surface area (Å²) >= 11 is 0. The molecule has 3 aromatic heterocycles. The number of likely N-dealkylation sites (tertiary alicyclic amines) is 1. The van der Waals surface area contributed by atoms with Gasteiger partial charge >= 0.3 is 0 Å². The summed E-state index contributed by atoms with van der Waals surface area (Å²) in [7, 11) is 0. The molecule has 4 aromatic rings. The van der Waals surface area contributed by atoms with Crippen LogP contribution >= 0.6 is 0 Å². The fraction of sp³-hybridized carbons (Fsp3) is 0.300. The third-order valence-electron chi connectivity index (χ3n) is 7.53. The number of benzene rings is 1. The average molecular weight is 535 g/mol. The van der Waals surface area contributed by atoms with E-state index in [1.54, 1.807) is 36.4 Å². The Morgan fingerprint density at radius 1 is 1.02 bits per heavy atom. The topological polar surface area (TPSA) is 122 Å². The number of imidazole rings is 1. The number of amides is 2. The fourth-order valence-electron chi connectivity index (χ4n) is 5.61. The van der Waals surface area contributed by atoms with Crippen LogP contribution in [0.15, 0.2) is 55.0 Å². The van der Waals surface area contributed by atoms with Gasteiger partial charge in [-0.3, -0.25) is 14.0 Å². The van der Waals surface area contributed by atoms with E-state index in [0.29, 0.717) is 40.8 Å². The van der Waals surface area contributed by atoms with Gasteiger partial charge in [0, 0.05) is 61.1 Å². The molecule has 1 atom stereocenters. The highest BCUT2D eigenvalue weighted by Gasteiger charge is 2.33. The molecule has 10 heteroatoms. The molecule has 5 heterocycles. The second kappa shape index (κ2) is 10.7. The SMILES string of the molecule is CC#CC(=O)N1CCC[C@H]1c1nc(-c2ccc(C(=O)Nc3cc(N4CCCC4)ccn3)cc2)c2c(N)nccn12. The molecule has 0 spiro atoms. The predicted molar refractivity (Wildman–Crippen MR) is 154 cm³/mol. The highest BCUT2D eigenvalue weighted by atomic mass is 16.2. The molecule has 1 aromatic carbocycles. The minimum absolute atomic E-state index is 0.207. The molecule has 0 radical (unpaired) electrons. The van der Waals surface area contributed by atoms with E-state index in [1.165, 1.54) is 12.8 Å². The van der Waals surface area contributed by atoms with Crippen LogP contribution in [0.4, 0.5) is 17.3 Å². The van der Waals surface area contributed by atoms with E-state index in [4.69, 9.17) is 10.7 Å². The van der Waals surface area contributed by atoms with Gasteiger partial charge in [0.15, 0.2) is 0 Å². The number of hydrogen-bond acceptors (Lipinski definition) is 7. The van der Waals surface area contributed by atoms with E-state index >= 15 is 0 Å². The van der Waals surface area contributed by atoms with Crippen molar-refractivity contribution in [1.29, 1.82) is 0 Å². The molecule has 202 valence electrons. The van der Waals surface area contributed by atoms with E-state index in [2.05, 4.69) is 32.0 Å². The highest BCUT2D eigenvalue weighted by molar-refractivity contribution is 6.04. The lowest BCUT2D eigenvalue weighted by Crippen LogP contribution is -2.30. The molecular formula is C30H30N8O2. The normalized spacial score (nSPS) is 16.7. The van der Waals surface area contributed by atoms with Crippen LogP contribution in [0.3, 0.4) is 0 Å². The van der Waals surface area contributed by atoms with E-state index in [9.17, 15) is 9.59 Å². The summed E-state index contributed by atoms with van der Waals surface area (Å²) in [5, 5.41) is 2.91. The van der Waals surface area contributed by atoms with Crippen molar-refractivity contribution in [3.63, 3.8) is 0 Å². The largest absolute Gasteiger partial charge is 0.382 e. The summed E-state index contributed by atoms with van der Waals surface area (Å²) in [4.78, 5) is 43.3. The smallest absolute Gasteiger partial charge is 0.299 e. The third-order valence-corrected chi connectivity index (χ3v) is 7.53. The van der Waals surface area contributed by atoms with Crippen LogP contribution in [0.5, 0.6) is 0 Å². The Hall–Kier alpha value is -4.91. The van der Waals surface area contributed by atoms with Crippen molar-refractivity contribution in [1.82, 2.24) is 24.3 Å². The first-order valence-electron chi connectivity index (χ1n) is 13.5. The molecule has 0 unspecified atom stereocenters. The quantitative estimate of drug-likeness (QED) is 0.372. The third kappa shape index (κ3) is 4.71. The van der Waals surface area contributed by atoms with Crippen LogP contribution in [0.2, 0.25) is 0 Å². The maximum Gasteiger partial charge on any atom is 0.299 e. The number of carbonyl (C=O) groups excluding carboxylic acids is 2. The summed E-state index contributed by atoms with van der Waals surface area (Å²) in [6, 6.07) is 10.9. The maximum atomic E-state index is 13.0. The number of carbonyl (C=O) groups is 2. The number of anilines is 3. The fourth-order valence-corrected chi connectivity index (χ4v) is 5.61. The molecule has 2 saturated heterocycles. The van der Waals surface area contributed by atoms with Crippen molar-refractivity contribution in [3.8, 4) is 23.1 Å². The Bertz CT molecular complexity index is 1640. The number of nitrogen functional groups attached to an aromatic ring is 1. The van der Waals surface area contributed by atoms with Crippen LogP contribution in [0, 0.1) is 11.8 Å². The van der Waals surface area contributed by atoms with Crippen molar-refractivity contribution in [3.05, 3.63) is 66.4 Å². The lowest BCUT2D eigenvalue weighted by molar-refractivity contribution is -0.126. The molecule has 2 aliphatic rings. The number of rotatable bonds is 5. The van der Waals surface area contributed by atoms with E-state index < -0.39 is 0 Å². The minimum atomic E-state index is -0.244. The van der Waals surface area contributed by atoms with Crippen LogP contribution < -0.4 is 16.0 Å². The first kappa shape index (κ1) is 25.4. The van der Waals surface area contributed by atoms with Gasteiger partial charge in [0.25, 0.3) is 11.8 Å². The van der Waals surface area contributed by atoms with Gasteiger partial charge in [0.05, 0.1) is 6.04 Å². The van der Waals surface area contributed by atoms with Gasteiger partial charge in [-0.15, -0.1) is 0 Å². The second-order valence-corrected chi connectivity index (χ2v) is 10.0. The number of nitrogens with zero attached hydrogens (tertiary/aromatic N) is 6. The zero-order valence-electron chi connectivity index (χ0n) is 22.3. The number of nitrogens with two attached hydrogens (primary N) is 1. The van der Waals surface area contributed by atoms with Gasteiger partial charge in [-0.2, -0.15) is 0 Å². The van der Waals surface area contributed by atoms with Gasteiger partial charge in [-0.05, 0) is 56.7 Å². The number of fused-ring (bicyclic) bond motifs is 1. The van der Waals surface area contributed by atoms with Crippen LogP contribution in [0.1, 0.15) is 54.8 Å². The summed E-state index contributed by atoms with van der Waals surface area (Å²) in [6.45, 7) is 4.32. The second-order valence-electron chi connectivity index (χ2n) is 10.0. The number of aromatic nitrogens is 4. The molecule has 6 rings (SSSR count). The average Bonchev–Trinajstić information content (AvgIpc) is 3.74. The first-order valence-corrected chi connectivity index (χ1v) is 13.5. The van der Waals surface area contributed by atoms with E-state index in [1.807, 2.05) is 34.9 Å². The first-order chi connectivity index (χ1) is 19.5. The molecule has 0 saturated carbocycles. The summed E-state index contributed by atoms with van der Waals surface area (Å²) < 4.78 is 1.91. The Kier molecular flexibility index (Phi) is 6.78. The number of pyridine rings is 1. The van der Waals surface area contributed by atoms with Gasteiger partial charge in [-0.25, -0.2) is 15.0 Å². The molecule has 2 aliphatic heterocycles. The molecule has 0 bridgehead atoms. The molecule has 10 nitrogen and oxygen atoms in total. The molecule has 0 aliphatic carbocycles. The number of hydrogen-bond donors (Lipinski definition) is 2. The lowest BCUT2D eigenvalue weighted by atomic mass is 10.1. The van der Waals surface area contributed by atoms with E-state index in [0.717, 1.165) is 37.2 Å². The van der Waals surface area contributed by atoms with Crippen molar-refractivity contribution < 1.29 is 9.59 Å². The Morgan fingerprint density at radius 2 is 1.82 bits per heavy atom. The highest BCUT2D eigenvalue weighted by Crippen LogP contribution is 2.36. The molecule has 3 N–H and O–H groups in total. The van der Waals surface area contributed by atoms with Crippen LogP contribution in [-0.4, -0.2) is 55.7 Å². The maximum absolute atomic E-state index is 13.0. The Balaban J connectivity index is 1.28. The molecule has 40 heavy (non-hydrogen) atoms. The predicted octanol–water partition coefficient (Wildman–Crippen LogP) is 3.91. The summed E-state index contributed by atoms with van der Waals surface area (Å²) in [6.07, 6.45) is 9.17. The molecule has 2 fully saturated rings. The van der Waals surface area contributed by atoms with Gasteiger partial charge in [0.2, 0.25) is 0 Å². The van der Waals surface area contributed by atoms with Crippen LogP contribution in [-0.2, 0) is 4.79 Å². The van der Waals surface area contributed by atoms with Gasteiger partial charge in [-0.1, -0.05) is 18.1 Å². The van der Waals surface area contributed by atoms with Crippen molar-refractivity contribution in [2.24, 2.45) is 0 Å². The van der Waals surface area contributed by atoms with E-state index in [-0.39, 0.29) is 17.9 Å². The monoisotopic (exact) mass is 534 g/mol. The van der Waals surface area contributed by atoms with Gasteiger partial charge < -0.3 is 20.9 Å². The lowest BCUT2D eigenvalue weighted by Gasteiger charge is -2.21. The van der Waals surface area contributed by atoms with Gasteiger partial charge in [0.1, 0.15) is 28.7 Å². The Morgan fingerprint density at radius 3 is 2.60 bits per heavy atom. The Labute approximate surface area is 232 Å². The van der Waals surface area contributed by atoms with Crippen molar-refractivity contribution in [2.75, 3.05) is 35.6 Å². The van der Waals surface area contributed by atoms with Crippen LogP contribution in [0.25, 0.3) is 16.8 Å². The molecular weight excluding hydrogens is 504 g/mol.